The topological polar surface area (TPSA) is 110 Å². The van der Waals surface area contributed by atoms with E-state index in [9.17, 15) is 0 Å². The van der Waals surface area contributed by atoms with Crippen LogP contribution in [0.5, 0.6) is 0 Å². The molecular weight excluding hydrogens is 699 g/mol. The molecule has 0 aliphatic carbocycles. The van der Waals surface area contributed by atoms with Crippen LogP contribution in [0.3, 0.4) is 0 Å². The summed E-state index contributed by atoms with van der Waals surface area (Å²) in [7, 11) is 0. The lowest BCUT2D eigenvalue weighted by Gasteiger charge is -2.08. The fourth-order valence-electron chi connectivity index (χ4n) is 8.39. The van der Waals surface area contributed by atoms with E-state index >= 15 is 0 Å². The molecule has 0 radical (unpaired) electrons. The highest BCUT2D eigenvalue weighted by Gasteiger charge is 2.20. The summed E-state index contributed by atoms with van der Waals surface area (Å²) in [6.07, 6.45) is 3.45. The third-order valence-corrected chi connectivity index (χ3v) is 10.9. The quantitative estimate of drug-likeness (QED) is 0.178. The fourth-order valence-corrected chi connectivity index (χ4v) is 8.39. The van der Waals surface area contributed by atoms with Gasteiger partial charge in [0.25, 0.3) is 5.71 Å². The SMILES string of the molecule is c1ccc2c(c1)c1ccccc1n2-c1ccc2c(c1)ncn2-c1nc2nc3oc(-n4cnc5cc(-n6c7ccccc7c7ccccc76)ccc54)nc3cc2o1. The number of para-hydroxylation sites is 4. The Balaban J connectivity index is 0.852. The molecule has 7 heterocycles. The summed E-state index contributed by atoms with van der Waals surface area (Å²) in [6, 6.07) is 48.9. The number of nitrogens with zero attached hydrogens (tertiary/aromatic N) is 9. The Morgan fingerprint density at radius 2 is 0.857 bits per heavy atom. The molecule has 13 aromatic rings. The van der Waals surface area contributed by atoms with Gasteiger partial charge in [0.2, 0.25) is 5.65 Å². The van der Waals surface area contributed by atoms with Crippen molar-refractivity contribution in [2.45, 2.75) is 0 Å². The molecule has 0 saturated carbocycles. The van der Waals surface area contributed by atoms with E-state index in [0.29, 0.717) is 34.5 Å². The van der Waals surface area contributed by atoms with E-state index in [1.165, 1.54) is 21.5 Å². The largest absolute Gasteiger partial charge is 0.421 e. The molecule has 6 aromatic carbocycles. The molecular formula is C45H25N9O2. The molecule has 262 valence electrons. The summed E-state index contributed by atoms with van der Waals surface area (Å²) in [4.78, 5) is 23.7. The number of rotatable bonds is 4. The second kappa shape index (κ2) is 10.8. The molecule has 7 aromatic heterocycles. The first-order valence-electron chi connectivity index (χ1n) is 18.2. The molecule has 11 heteroatoms. The molecule has 11 nitrogen and oxygen atoms in total. The Morgan fingerprint density at radius 1 is 0.393 bits per heavy atom. The number of pyridine rings is 1. The minimum absolute atomic E-state index is 0.349. The van der Waals surface area contributed by atoms with Gasteiger partial charge >= 0.3 is 12.0 Å². The fraction of sp³-hybridized carbons (Fsp3) is 0. The van der Waals surface area contributed by atoms with E-state index in [2.05, 4.69) is 130 Å². The van der Waals surface area contributed by atoms with Crippen LogP contribution >= 0.6 is 0 Å². The highest BCUT2D eigenvalue weighted by atomic mass is 16.4. The minimum Gasteiger partial charge on any atom is -0.421 e. The predicted molar refractivity (Wildman–Crippen MR) is 217 cm³/mol. The van der Waals surface area contributed by atoms with Gasteiger partial charge in [0.1, 0.15) is 18.2 Å². The van der Waals surface area contributed by atoms with E-state index in [1.807, 2.05) is 21.3 Å². The summed E-state index contributed by atoms with van der Waals surface area (Å²) in [6.45, 7) is 0. The van der Waals surface area contributed by atoms with Crippen molar-refractivity contribution < 1.29 is 8.83 Å². The first kappa shape index (κ1) is 29.4. The van der Waals surface area contributed by atoms with Crippen LogP contribution in [0.15, 0.2) is 161 Å². The molecule has 56 heavy (non-hydrogen) atoms. The number of hydrogen-bond acceptors (Lipinski definition) is 7. The number of oxazole rings is 2. The maximum Gasteiger partial charge on any atom is 0.310 e. The predicted octanol–water partition coefficient (Wildman–Crippen LogP) is 10.2. The lowest BCUT2D eigenvalue weighted by molar-refractivity contribution is 0.560. The van der Waals surface area contributed by atoms with Gasteiger partial charge in [0.05, 0.1) is 44.1 Å². The van der Waals surface area contributed by atoms with Crippen LogP contribution in [-0.4, -0.2) is 43.2 Å². The number of hydrogen-bond donors (Lipinski definition) is 0. The third-order valence-electron chi connectivity index (χ3n) is 10.9. The molecule has 0 amide bonds. The van der Waals surface area contributed by atoms with E-state index < -0.39 is 0 Å². The number of fused-ring (bicyclic) bond motifs is 10. The van der Waals surface area contributed by atoms with Crippen LogP contribution in [0.1, 0.15) is 0 Å². The van der Waals surface area contributed by atoms with Crippen molar-refractivity contribution in [2.75, 3.05) is 0 Å². The molecule has 13 rings (SSSR count). The minimum atomic E-state index is 0.349. The average Bonchev–Trinajstić information content (AvgIpc) is 4.10. The zero-order valence-electron chi connectivity index (χ0n) is 29.3. The van der Waals surface area contributed by atoms with Gasteiger partial charge in [0.15, 0.2) is 5.58 Å². The molecule has 0 unspecified atom stereocenters. The van der Waals surface area contributed by atoms with Crippen molar-refractivity contribution in [3.8, 4) is 23.4 Å². The summed E-state index contributed by atoms with van der Waals surface area (Å²) in [5, 5.41) is 4.85. The van der Waals surface area contributed by atoms with Crippen molar-refractivity contribution in [3.05, 3.63) is 152 Å². The van der Waals surface area contributed by atoms with Gasteiger partial charge in [-0.2, -0.15) is 15.0 Å². The summed E-state index contributed by atoms with van der Waals surface area (Å²) in [5.74, 6) is 0. The Bertz CT molecular complexity index is 3340. The first-order valence-corrected chi connectivity index (χ1v) is 18.2. The van der Waals surface area contributed by atoms with Crippen molar-refractivity contribution in [3.63, 3.8) is 0 Å². The van der Waals surface area contributed by atoms with E-state index in [-0.39, 0.29) is 0 Å². The van der Waals surface area contributed by atoms with Crippen LogP contribution in [0.2, 0.25) is 0 Å². The van der Waals surface area contributed by atoms with Crippen molar-refractivity contribution in [1.29, 1.82) is 0 Å². The van der Waals surface area contributed by atoms with E-state index in [4.69, 9.17) is 33.8 Å². The van der Waals surface area contributed by atoms with Gasteiger partial charge in [-0.3, -0.25) is 9.13 Å². The molecule has 0 aliphatic heterocycles. The zero-order chi connectivity index (χ0) is 36.5. The van der Waals surface area contributed by atoms with Gasteiger partial charge in [-0.05, 0) is 60.7 Å². The normalized spacial score (nSPS) is 12.3. The lowest BCUT2D eigenvalue weighted by Crippen LogP contribution is -1.95. The Labute approximate surface area is 314 Å². The first-order chi connectivity index (χ1) is 27.7. The smallest absolute Gasteiger partial charge is 0.310 e. The Hall–Kier alpha value is -8.05. The maximum atomic E-state index is 6.27. The van der Waals surface area contributed by atoms with Gasteiger partial charge in [0, 0.05) is 39.0 Å². The molecule has 0 N–H and O–H groups in total. The van der Waals surface area contributed by atoms with Gasteiger partial charge in [-0.25, -0.2) is 9.97 Å². The average molecular weight is 724 g/mol. The van der Waals surface area contributed by atoms with Crippen LogP contribution in [-0.2, 0) is 0 Å². The van der Waals surface area contributed by atoms with Gasteiger partial charge in [-0.15, -0.1) is 0 Å². The number of imidazole rings is 2. The van der Waals surface area contributed by atoms with E-state index in [0.717, 1.165) is 55.5 Å². The summed E-state index contributed by atoms with van der Waals surface area (Å²) in [5.41, 5.74) is 11.8. The highest BCUT2D eigenvalue weighted by molar-refractivity contribution is 6.10. The third kappa shape index (κ3) is 4.02. The van der Waals surface area contributed by atoms with Crippen molar-refractivity contribution >= 4 is 88.1 Å². The van der Waals surface area contributed by atoms with Crippen LogP contribution in [0.25, 0.3) is 112 Å². The molecule has 0 spiro atoms. The van der Waals surface area contributed by atoms with Crippen LogP contribution in [0.4, 0.5) is 0 Å². The Kier molecular flexibility index (Phi) is 5.65. The highest BCUT2D eigenvalue weighted by Crippen LogP contribution is 2.35. The van der Waals surface area contributed by atoms with Crippen LogP contribution in [0, 0.1) is 0 Å². The molecule has 0 saturated heterocycles. The van der Waals surface area contributed by atoms with Gasteiger partial charge < -0.3 is 18.0 Å². The summed E-state index contributed by atoms with van der Waals surface area (Å²) < 4.78 is 20.7. The molecule has 0 aliphatic rings. The monoisotopic (exact) mass is 723 g/mol. The molecule has 0 atom stereocenters. The van der Waals surface area contributed by atoms with Crippen molar-refractivity contribution in [2.24, 2.45) is 0 Å². The van der Waals surface area contributed by atoms with Gasteiger partial charge in [-0.1, -0.05) is 72.8 Å². The second-order valence-electron chi connectivity index (χ2n) is 13.9. The summed E-state index contributed by atoms with van der Waals surface area (Å²) >= 11 is 0. The van der Waals surface area contributed by atoms with E-state index in [1.54, 1.807) is 18.7 Å². The van der Waals surface area contributed by atoms with Crippen molar-refractivity contribution in [1.82, 2.24) is 43.2 Å². The Morgan fingerprint density at radius 3 is 1.36 bits per heavy atom. The zero-order valence-corrected chi connectivity index (χ0v) is 29.3. The molecule has 0 bridgehead atoms. The lowest BCUT2D eigenvalue weighted by atomic mass is 10.2. The second-order valence-corrected chi connectivity index (χ2v) is 13.9. The maximum absolute atomic E-state index is 6.27. The number of benzene rings is 6. The number of aromatic nitrogens is 9. The standard InChI is InChI=1S/C45H25N9O2/c1-5-13-35-28(9-1)29-10-2-6-14-36(29)53(35)26-17-19-39-32(21-26)46-24-51(39)44-48-34-23-41-42(49-43(34)56-44)50-45(55-41)52-25-47-33-22-27(18-20-40(33)52)54-37-15-7-3-11-30(37)31-12-4-8-16-38(31)54/h1-25H. The molecule has 0 fully saturated rings. The van der Waals surface area contributed by atoms with Crippen LogP contribution < -0.4 is 0 Å².